The van der Waals surface area contributed by atoms with E-state index in [1.165, 1.54) is 11.3 Å². The van der Waals surface area contributed by atoms with Gasteiger partial charge in [0.1, 0.15) is 4.21 Å². The van der Waals surface area contributed by atoms with Crippen molar-refractivity contribution in [3.8, 4) is 10.4 Å². The Bertz CT molecular complexity index is 628. The Balaban J connectivity index is 2.22. The van der Waals surface area contributed by atoms with Crippen LogP contribution in [0.25, 0.3) is 10.4 Å². The first-order valence-corrected chi connectivity index (χ1v) is 8.26. The van der Waals surface area contributed by atoms with Gasteiger partial charge >= 0.3 is 10.1 Å². The topological polar surface area (TPSA) is 43.4 Å². The molecule has 19 heavy (non-hydrogen) atoms. The van der Waals surface area contributed by atoms with Crippen LogP contribution in [-0.4, -0.2) is 15.0 Å². The fourth-order valence-electron chi connectivity index (χ4n) is 1.50. The zero-order chi connectivity index (χ0) is 13.9. The highest BCUT2D eigenvalue weighted by atomic mass is 32.3. The summed E-state index contributed by atoms with van der Waals surface area (Å²) in [5.74, 6) is 0.184. The first-order valence-electron chi connectivity index (χ1n) is 6.04. The van der Waals surface area contributed by atoms with Crippen molar-refractivity contribution in [3.63, 3.8) is 0 Å². The second-order valence-corrected chi connectivity index (χ2v) is 7.54. The fourth-order valence-corrected chi connectivity index (χ4v) is 3.86. The van der Waals surface area contributed by atoms with E-state index in [0.717, 1.165) is 10.4 Å². The molecule has 2 aromatic rings. The van der Waals surface area contributed by atoms with E-state index in [0.29, 0.717) is 0 Å². The number of hydrogen-bond acceptors (Lipinski definition) is 4. The summed E-state index contributed by atoms with van der Waals surface area (Å²) >= 11 is 1.23. The molecule has 0 saturated carbocycles. The minimum Gasteiger partial charge on any atom is -0.265 e. The van der Waals surface area contributed by atoms with Crippen molar-refractivity contribution in [2.24, 2.45) is 5.92 Å². The number of hydrogen-bond donors (Lipinski definition) is 0. The Kier molecular flexibility index (Phi) is 4.39. The monoisotopic (exact) mass is 296 g/mol. The molecule has 0 spiro atoms. The lowest BCUT2D eigenvalue weighted by molar-refractivity contribution is 0.276. The highest BCUT2D eigenvalue weighted by molar-refractivity contribution is 7.89. The van der Waals surface area contributed by atoms with Crippen LogP contribution >= 0.6 is 11.3 Å². The third-order valence-electron chi connectivity index (χ3n) is 2.44. The SMILES string of the molecule is CC(C)COS(=O)(=O)c1ccc(-c2ccccc2)s1. The lowest BCUT2D eigenvalue weighted by Gasteiger charge is -2.05. The summed E-state index contributed by atoms with van der Waals surface area (Å²) in [6, 6.07) is 13.1. The zero-order valence-electron chi connectivity index (χ0n) is 10.9. The molecule has 0 saturated heterocycles. The van der Waals surface area contributed by atoms with Crippen molar-refractivity contribution in [2.75, 3.05) is 6.61 Å². The molecular formula is C14H16O3S2. The molecule has 0 amide bonds. The van der Waals surface area contributed by atoms with Crippen LogP contribution in [0.4, 0.5) is 0 Å². The van der Waals surface area contributed by atoms with Gasteiger partial charge < -0.3 is 0 Å². The van der Waals surface area contributed by atoms with Crippen molar-refractivity contribution >= 4 is 21.5 Å². The molecule has 0 bridgehead atoms. The Morgan fingerprint density at radius 2 is 1.79 bits per heavy atom. The molecule has 0 aliphatic rings. The molecule has 0 unspecified atom stereocenters. The summed E-state index contributed by atoms with van der Waals surface area (Å²) in [6.07, 6.45) is 0. The highest BCUT2D eigenvalue weighted by Crippen LogP contribution is 2.31. The van der Waals surface area contributed by atoms with E-state index in [2.05, 4.69) is 0 Å². The summed E-state index contributed by atoms with van der Waals surface area (Å²) in [7, 11) is -3.62. The van der Waals surface area contributed by atoms with Gasteiger partial charge in [-0.2, -0.15) is 8.42 Å². The van der Waals surface area contributed by atoms with Crippen LogP contribution in [0.15, 0.2) is 46.7 Å². The first kappa shape index (κ1) is 14.2. The van der Waals surface area contributed by atoms with Gasteiger partial charge in [-0.25, -0.2) is 0 Å². The van der Waals surface area contributed by atoms with Crippen LogP contribution < -0.4 is 0 Å². The van der Waals surface area contributed by atoms with Crippen molar-refractivity contribution in [2.45, 2.75) is 18.1 Å². The van der Waals surface area contributed by atoms with Crippen LogP contribution in [0.2, 0.25) is 0 Å². The van der Waals surface area contributed by atoms with Gasteiger partial charge in [0, 0.05) is 4.88 Å². The Morgan fingerprint density at radius 1 is 1.11 bits per heavy atom. The zero-order valence-corrected chi connectivity index (χ0v) is 12.5. The molecule has 102 valence electrons. The van der Waals surface area contributed by atoms with Crippen molar-refractivity contribution in [1.82, 2.24) is 0 Å². The quantitative estimate of drug-likeness (QED) is 0.789. The lowest BCUT2D eigenvalue weighted by Crippen LogP contribution is -2.09. The normalized spacial score (nSPS) is 11.9. The molecule has 3 nitrogen and oxygen atoms in total. The smallest absolute Gasteiger partial charge is 0.265 e. The molecule has 2 rings (SSSR count). The maximum atomic E-state index is 12.0. The van der Waals surface area contributed by atoms with E-state index in [9.17, 15) is 8.42 Å². The van der Waals surface area contributed by atoms with Gasteiger partial charge in [-0.15, -0.1) is 11.3 Å². The van der Waals surface area contributed by atoms with E-state index in [-0.39, 0.29) is 16.7 Å². The Hall–Kier alpha value is -1.17. The van der Waals surface area contributed by atoms with Crippen molar-refractivity contribution < 1.29 is 12.6 Å². The van der Waals surface area contributed by atoms with E-state index in [4.69, 9.17) is 4.18 Å². The van der Waals surface area contributed by atoms with Crippen molar-refractivity contribution in [3.05, 3.63) is 42.5 Å². The average molecular weight is 296 g/mol. The predicted octanol–water partition coefficient (Wildman–Crippen LogP) is 3.78. The summed E-state index contributed by atoms with van der Waals surface area (Å²) in [5, 5.41) is 0. The summed E-state index contributed by atoms with van der Waals surface area (Å²) in [6.45, 7) is 4.04. The van der Waals surface area contributed by atoms with Gasteiger partial charge in [-0.3, -0.25) is 4.18 Å². The Morgan fingerprint density at radius 3 is 2.42 bits per heavy atom. The standard InChI is InChI=1S/C14H16O3S2/c1-11(2)10-17-19(15,16)14-9-8-13(18-14)12-6-4-3-5-7-12/h3-9,11H,10H2,1-2H3. The summed E-state index contributed by atoms with van der Waals surface area (Å²) in [5.41, 5.74) is 1.01. The summed E-state index contributed by atoms with van der Waals surface area (Å²) < 4.78 is 29.2. The number of rotatable bonds is 5. The van der Waals surface area contributed by atoms with Crippen LogP contribution in [0, 0.1) is 5.92 Å². The predicted molar refractivity (Wildman–Crippen MR) is 77.7 cm³/mol. The molecule has 0 aliphatic heterocycles. The number of thiophene rings is 1. The molecule has 1 aromatic heterocycles. The molecule has 0 N–H and O–H groups in total. The van der Waals surface area contributed by atoms with Gasteiger partial charge in [0.05, 0.1) is 6.61 Å². The molecule has 0 aliphatic carbocycles. The second-order valence-electron chi connectivity index (χ2n) is 4.62. The molecule has 0 fully saturated rings. The van der Waals surface area contributed by atoms with Crippen LogP contribution in [-0.2, 0) is 14.3 Å². The largest absolute Gasteiger partial charge is 0.306 e. The van der Waals surface area contributed by atoms with Crippen molar-refractivity contribution in [1.29, 1.82) is 0 Å². The minimum absolute atomic E-state index is 0.184. The fraction of sp³-hybridized carbons (Fsp3) is 0.286. The molecule has 0 atom stereocenters. The Labute approximate surface area is 118 Å². The second kappa shape index (κ2) is 5.86. The maximum absolute atomic E-state index is 12.0. The van der Waals surface area contributed by atoms with Gasteiger partial charge in [0.15, 0.2) is 0 Å². The third kappa shape index (κ3) is 3.65. The van der Waals surface area contributed by atoms with Gasteiger partial charge in [0.2, 0.25) is 0 Å². The average Bonchev–Trinajstić information content (AvgIpc) is 2.88. The van der Waals surface area contributed by atoms with E-state index >= 15 is 0 Å². The van der Waals surface area contributed by atoms with E-state index in [1.54, 1.807) is 6.07 Å². The van der Waals surface area contributed by atoms with Crippen LogP contribution in [0.1, 0.15) is 13.8 Å². The van der Waals surface area contributed by atoms with E-state index in [1.807, 2.05) is 50.2 Å². The molecule has 1 aromatic carbocycles. The van der Waals surface area contributed by atoms with E-state index < -0.39 is 10.1 Å². The van der Waals surface area contributed by atoms with Gasteiger partial charge in [-0.1, -0.05) is 44.2 Å². The molecule has 0 radical (unpaired) electrons. The van der Waals surface area contributed by atoms with Gasteiger partial charge in [0.25, 0.3) is 0 Å². The minimum atomic E-state index is -3.62. The maximum Gasteiger partial charge on any atom is 0.306 e. The van der Waals surface area contributed by atoms with Crippen LogP contribution in [0.5, 0.6) is 0 Å². The molecule has 1 heterocycles. The summed E-state index contributed by atoms with van der Waals surface area (Å²) in [4.78, 5) is 0.923. The highest BCUT2D eigenvalue weighted by Gasteiger charge is 2.18. The first-order chi connectivity index (χ1) is 8.99. The lowest BCUT2D eigenvalue weighted by atomic mass is 10.2. The van der Waals surface area contributed by atoms with Gasteiger partial charge in [-0.05, 0) is 23.6 Å². The van der Waals surface area contributed by atoms with Crippen LogP contribution in [0.3, 0.4) is 0 Å². The molecule has 5 heteroatoms. The number of benzene rings is 1. The third-order valence-corrected chi connectivity index (χ3v) is 5.31. The molecular weight excluding hydrogens is 280 g/mol.